The molecule has 1 aromatic rings. The van der Waals surface area contributed by atoms with Crippen LogP contribution in [0.5, 0.6) is 0 Å². The van der Waals surface area contributed by atoms with Crippen molar-refractivity contribution in [3.63, 3.8) is 0 Å². The zero-order chi connectivity index (χ0) is 9.80. The van der Waals surface area contributed by atoms with E-state index in [1.807, 2.05) is 0 Å². The van der Waals surface area contributed by atoms with Gasteiger partial charge in [0.2, 0.25) is 0 Å². The minimum absolute atomic E-state index is 0.0561. The quantitative estimate of drug-likeness (QED) is 0.740. The first kappa shape index (κ1) is 9.34. The Balaban J connectivity index is 1.99. The molecule has 2 N–H and O–H groups in total. The van der Waals surface area contributed by atoms with Gasteiger partial charge in [-0.3, -0.25) is 0 Å². The molecule has 1 aliphatic rings. The minimum Gasteiger partial charge on any atom is -0.324 e. The van der Waals surface area contributed by atoms with Crippen molar-refractivity contribution in [1.82, 2.24) is 9.97 Å². The van der Waals surface area contributed by atoms with Crippen molar-refractivity contribution in [2.75, 3.05) is 0 Å². The molecule has 3 heteroatoms. The molecule has 1 atom stereocenters. The van der Waals surface area contributed by atoms with E-state index < -0.39 is 0 Å². The Morgan fingerprint density at radius 3 is 2.79 bits per heavy atom. The van der Waals surface area contributed by atoms with Crippen LogP contribution in [0.15, 0.2) is 30.4 Å². The summed E-state index contributed by atoms with van der Waals surface area (Å²) >= 11 is 0. The summed E-state index contributed by atoms with van der Waals surface area (Å²) in [5.41, 5.74) is 8.57. The predicted molar refractivity (Wildman–Crippen MR) is 55.5 cm³/mol. The average Bonchev–Trinajstić information content (AvgIpc) is 2.72. The molecule has 2 rings (SSSR count). The van der Waals surface area contributed by atoms with Crippen molar-refractivity contribution >= 4 is 0 Å². The second-order valence-corrected chi connectivity index (χ2v) is 3.74. The van der Waals surface area contributed by atoms with E-state index in [1.165, 1.54) is 31.2 Å². The van der Waals surface area contributed by atoms with Gasteiger partial charge >= 0.3 is 0 Å². The normalized spacial score (nSPS) is 17.9. The maximum atomic E-state index is 6.05. The molecule has 0 amide bonds. The van der Waals surface area contributed by atoms with E-state index in [4.69, 9.17) is 5.73 Å². The highest BCUT2D eigenvalue weighted by Gasteiger charge is 2.11. The molecule has 0 fully saturated rings. The van der Waals surface area contributed by atoms with E-state index in [1.54, 1.807) is 12.4 Å². The molecule has 0 saturated carbocycles. The highest BCUT2D eigenvalue weighted by molar-refractivity contribution is 5.16. The van der Waals surface area contributed by atoms with Gasteiger partial charge in [-0.2, -0.15) is 0 Å². The molecule has 0 bridgehead atoms. The lowest BCUT2D eigenvalue weighted by Gasteiger charge is -2.11. The Hall–Kier alpha value is -1.22. The van der Waals surface area contributed by atoms with E-state index in [0.29, 0.717) is 0 Å². The second kappa shape index (κ2) is 4.33. The van der Waals surface area contributed by atoms with Crippen LogP contribution in [-0.2, 0) is 0 Å². The van der Waals surface area contributed by atoms with Crippen LogP contribution in [-0.4, -0.2) is 9.97 Å². The van der Waals surface area contributed by atoms with Crippen LogP contribution in [0.2, 0.25) is 0 Å². The third-order valence-electron chi connectivity index (χ3n) is 2.63. The summed E-state index contributed by atoms with van der Waals surface area (Å²) in [4.78, 5) is 7.94. The van der Waals surface area contributed by atoms with Crippen LogP contribution >= 0.6 is 0 Å². The molecule has 14 heavy (non-hydrogen) atoms. The smallest absolute Gasteiger partial charge is 0.115 e. The summed E-state index contributed by atoms with van der Waals surface area (Å²) in [5, 5.41) is 0. The topological polar surface area (TPSA) is 51.8 Å². The number of hydrogen-bond donors (Lipinski definition) is 1. The SMILES string of the molecule is NC(CC1=CCCC1)c1cncnc1. The molecule has 1 aliphatic carbocycles. The zero-order valence-electron chi connectivity index (χ0n) is 8.19. The van der Waals surface area contributed by atoms with Gasteiger partial charge in [0.25, 0.3) is 0 Å². The number of allylic oxidation sites excluding steroid dienone is 1. The fourth-order valence-electron chi connectivity index (χ4n) is 1.83. The largest absolute Gasteiger partial charge is 0.324 e. The number of nitrogens with two attached hydrogens (primary N) is 1. The van der Waals surface area contributed by atoms with Crippen LogP contribution in [0.1, 0.15) is 37.3 Å². The fourth-order valence-corrected chi connectivity index (χ4v) is 1.83. The Bertz CT molecular complexity index is 319. The van der Waals surface area contributed by atoms with Gasteiger partial charge in [-0.25, -0.2) is 9.97 Å². The number of nitrogens with zero attached hydrogens (tertiary/aromatic N) is 2. The summed E-state index contributed by atoms with van der Waals surface area (Å²) in [6.07, 6.45) is 12.1. The Morgan fingerprint density at radius 1 is 1.36 bits per heavy atom. The Labute approximate surface area is 84.1 Å². The third kappa shape index (κ3) is 2.17. The van der Waals surface area contributed by atoms with E-state index in [2.05, 4.69) is 16.0 Å². The first-order valence-electron chi connectivity index (χ1n) is 5.04. The fraction of sp³-hybridized carbons (Fsp3) is 0.455. The number of aromatic nitrogens is 2. The lowest BCUT2D eigenvalue weighted by Crippen LogP contribution is -2.11. The highest BCUT2D eigenvalue weighted by Crippen LogP contribution is 2.26. The van der Waals surface area contributed by atoms with Gasteiger partial charge < -0.3 is 5.73 Å². The summed E-state index contributed by atoms with van der Waals surface area (Å²) < 4.78 is 0. The molecule has 0 spiro atoms. The molecule has 1 unspecified atom stereocenters. The van der Waals surface area contributed by atoms with Crippen LogP contribution in [0, 0.1) is 0 Å². The maximum absolute atomic E-state index is 6.05. The van der Waals surface area contributed by atoms with Crippen LogP contribution in [0.25, 0.3) is 0 Å². The second-order valence-electron chi connectivity index (χ2n) is 3.74. The van der Waals surface area contributed by atoms with Gasteiger partial charge in [0, 0.05) is 24.0 Å². The Morgan fingerprint density at radius 2 is 2.14 bits per heavy atom. The first-order chi connectivity index (χ1) is 6.86. The summed E-state index contributed by atoms with van der Waals surface area (Å²) in [6, 6.07) is 0.0561. The highest BCUT2D eigenvalue weighted by atomic mass is 14.8. The van der Waals surface area contributed by atoms with Crippen molar-refractivity contribution in [3.05, 3.63) is 35.9 Å². The standard InChI is InChI=1S/C11H15N3/c12-11(5-9-3-1-2-4-9)10-6-13-8-14-7-10/h3,6-8,11H,1-2,4-5,12H2. The molecule has 0 aromatic carbocycles. The minimum atomic E-state index is 0.0561. The molecular weight excluding hydrogens is 174 g/mol. The first-order valence-corrected chi connectivity index (χ1v) is 5.04. The molecule has 0 saturated heterocycles. The summed E-state index contributed by atoms with van der Waals surface area (Å²) in [6.45, 7) is 0. The molecule has 0 radical (unpaired) electrons. The van der Waals surface area contributed by atoms with Gasteiger partial charge in [-0.05, 0) is 25.7 Å². The lowest BCUT2D eigenvalue weighted by atomic mass is 10.0. The van der Waals surface area contributed by atoms with Crippen molar-refractivity contribution in [1.29, 1.82) is 0 Å². The molecule has 0 aliphatic heterocycles. The van der Waals surface area contributed by atoms with Gasteiger partial charge in [-0.1, -0.05) is 11.6 Å². The number of rotatable bonds is 3. The molecular formula is C11H15N3. The predicted octanol–water partition coefficient (Wildman–Crippen LogP) is 1.98. The van der Waals surface area contributed by atoms with Crippen molar-refractivity contribution < 1.29 is 0 Å². The van der Waals surface area contributed by atoms with Gasteiger partial charge in [-0.15, -0.1) is 0 Å². The molecule has 3 nitrogen and oxygen atoms in total. The number of hydrogen-bond acceptors (Lipinski definition) is 3. The molecule has 1 heterocycles. The van der Waals surface area contributed by atoms with Gasteiger partial charge in [0.05, 0.1) is 0 Å². The monoisotopic (exact) mass is 189 g/mol. The van der Waals surface area contributed by atoms with Gasteiger partial charge in [0.15, 0.2) is 0 Å². The van der Waals surface area contributed by atoms with Crippen LogP contribution < -0.4 is 5.73 Å². The van der Waals surface area contributed by atoms with Crippen LogP contribution in [0.4, 0.5) is 0 Å². The third-order valence-corrected chi connectivity index (χ3v) is 2.63. The van der Waals surface area contributed by atoms with Crippen molar-refractivity contribution in [2.45, 2.75) is 31.7 Å². The average molecular weight is 189 g/mol. The summed E-state index contributed by atoms with van der Waals surface area (Å²) in [7, 11) is 0. The Kier molecular flexibility index (Phi) is 2.89. The summed E-state index contributed by atoms with van der Waals surface area (Å²) in [5.74, 6) is 0. The molecule has 1 aromatic heterocycles. The maximum Gasteiger partial charge on any atom is 0.115 e. The van der Waals surface area contributed by atoms with Crippen molar-refractivity contribution in [3.8, 4) is 0 Å². The zero-order valence-corrected chi connectivity index (χ0v) is 8.19. The van der Waals surface area contributed by atoms with Gasteiger partial charge in [0.1, 0.15) is 6.33 Å². The van der Waals surface area contributed by atoms with Crippen LogP contribution in [0.3, 0.4) is 0 Å². The van der Waals surface area contributed by atoms with Crippen molar-refractivity contribution in [2.24, 2.45) is 5.73 Å². The lowest BCUT2D eigenvalue weighted by molar-refractivity contribution is 0.690. The van der Waals surface area contributed by atoms with E-state index in [0.717, 1.165) is 12.0 Å². The molecule has 74 valence electrons. The van der Waals surface area contributed by atoms with E-state index in [9.17, 15) is 0 Å². The van der Waals surface area contributed by atoms with E-state index >= 15 is 0 Å². The van der Waals surface area contributed by atoms with E-state index in [-0.39, 0.29) is 6.04 Å².